The third-order valence-corrected chi connectivity index (χ3v) is 4.51. The van der Waals surface area contributed by atoms with Crippen LogP contribution >= 0.6 is 11.3 Å². The number of aldehydes is 1. The summed E-state index contributed by atoms with van der Waals surface area (Å²) in [5.74, 6) is 0.00981. The van der Waals surface area contributed by atoms with Crippen LogP contribution in [0.25, 0.3) is 10.6 Å². The fourth-order valence-corrected chi connectivity index (χ4v) is 3.04. The molecule has 0 amide bonds. The lowest BCUT2D eigenvalue weighted by atomic mass is 10.2. The zero-order valence-corrected chi connectivity index (χ0v) is 12.3. The zero-order valence-electron chi connectivity index (χ0n) is 10.7. The summed E-state index contributed by atoms with van der Waals surface area (Å²) in [7, 11) is -3.04. The van der Waals surface area contributed by atoms with Crippen molar-refractivity contribution in [3.8, 4) is 10.6 Å². The van der Waals surface area contributed by atoms with E-state index in [0.29, 0.717) is 11.3 Å². The molecule has 2 aromatic heterocycles. The Morgan fingerprint density at radius 1 is 1.42 bits per heavy atom. The Morgan fingerprint density at radius 3 is 2.68 bits per heavy atom. The molecule has 0 fully saturated rings. The van der Waals surface area contributed by atoms with Crippen LogP contribution in [-0.4, -0.2) is 36.5 Å². The first kappa shape index (κ1) is 14.0. The van der Waals surface area contributed by atoms with Gasteiger partial charge in [0.15, 0.2) is 6.29 Å². The molecule has 0 unspecified atom stereocenters. The van der Waals surface area contributed by atoms with Crippen molar-refractivity contribution in [2.45, 2.75) is 13.5 Å². The largest absolute Gasteiger partial charge is 0.298 e. The zero-order chi connectivity index (χ0) is 14.0. The van der Waals surface area contributed by atoms with Gasteiger partial charge in [0.05, 0.1) is 22.7 Å². The summed E-state index contributed by atoms with van der Waals surface area (Å²) in [5, 5.41) is 4.30. The Hall–Kier alpha value is -1.47. The molecule has 0 bridgehead atoms. The lowest BCUT2D eigenvalue weighted by molar-refractivity contribution is 0.112. The lowest BCUT2D eigenvalue weighted by Gasteiger charge is -1.98. The Labute approximate surface area is 115 Å². The van der Waals surface area contributed by atoms with Gasteiger partial charge in [0, 0.05) is 17.3 Å². The van der Waals surface area contributed by atoms with Crippen LogP contribution in [0.4, 0.5) is 0 Å². The molecule has 0 saturated carbocycles. The molecular formula is C12H14N2O3S2. The quantitative estimate of drug-likeness (QED) is 0.789. The van der Waals surface area contributed by atoms with Crippen LogP contribution in [0.1, 0.15) is 15.2 Å². The average molecular weight is 298 g/mol. The number of nitrogens with zero attached hydrogens (tertiary/aromatic N) is 2. The maximum atomic E-state index is 11.1. The Bertz CT molecular complexity index is 698. The van der Waals surface area contributed by atoms with Gasteiger partial charge in [-0.3, -0.25) is 9.48 Å². The number of hydrogen-bond donors (Lipinski definition) is 0. The number of carbonyl (C=O) groups excluding carboxylic acids is 1. The fourth-order valence-electron chi connectivity index (χ4n) is 1.65. The predicted molar refractivity (Wildman–Crippen MR) is 75.4 cm³/mol. The Morgan fingerprint density at radius 2 is 2.16 bits per heavy atom. The first-order chi connectivity index (χ1) is 8.89. The van der Waals surface area contributed by atoms with Gasteiger partial charge in [0.2, 0.25) is 0 Å². The highest BCUT2D eigenvalue weighted by atomic mass is 32.2. The molecule has 0 saturated heterocycles. The van der Waals surface area contributed by atoms with E-state index in [1.54, 1.807) is 17.5 Å². The average Bonchev–Trinajstić information content (AvgIpc) is 2.91. The topological polar surface area (TPSA) is 69.0 Å². The van der Waals surface area contributed by atoms with Gasteiger partial charge in [-0.1, -0.05) is 0 Å². The summed E-state index contributed by atoms with van der Waals surface area (Å²) < 4.78 is 23.8. The summed E-state index contributed by atoms with van der Waals surface area (Å²) in [5.41, 5.74) is 1.09. The maximum Gasteiger partial charge on any atom is 0.153 e. The van der Waals surface area contributed by atoms with E-state index in [0.717, 1.165) is 16.0 Å². The van der Waals surface area contributed by atoms with Gasteiger partial charge in [-0.05, 0) is 19.1 Å². The molecule has 0 aromatic carbocycles. The molecule has 0 atom stereocenters. The third kappa shape index (κ3) is 3.51. The molecule has 102 valence electrons. The van der Waals surface area contributed by atoms with Crippen LogP contribution in [0.5, 0.6) is 0 Å². The molecule has 2 aromatic rings. The number of hydrogen-bond acceptors (Lipinski definition) is 5. The minimum Gasteiger partial charge on any atom is -0.298 e. The van der Waals surface area contributed by atoms with E-state index >= 15 is 0 Å². The number of rotatable bonds is 5. The van der Waals surface area contributed by atoms with E-state index in [2.05, 4.69) is 5.10 Å². The molecule has 0 aliphatic carbocycles. The third-order valence-electron chi connectivity index (χ3n) is 2.58. The molecule has 2 rings (SSSR count). The van der Waals surface area contributed by atoms with E-state index in [4.69, 9.17) is 0 Å². The normalized spacial score (nSPS) is 11.7. The van der Waals surface area contributed by atoms with Gasteiger partial charge in [0.1, 0.15) is 15.5 Å². The van der Waals surface area contributed by atoms with Crippen LogP contribution in [0.3, 0.4) is 0 Å². The SMILES string of the molecule is Cc1ccc(-c2nn(CCS(C)(=O)=O)cc2C=O)s1. The summed E-state index contributed by atoms with van der Waals surface area (Å²) in [4.78, 5) is 13.1. The molecular weight excluding hydrogens is 284 g/mol. The van der Waals surface area contributed by atoms with Crippen LogP contribution in [0.2, 0.25) is 0 Å². The first-order valence-electron chi connectivity index (χ1n) is 5.66. The van der Waals surface area contributed by atoms with Gasteiger partial charge < -0.3 is 0 Å². The number of aromatic nitrogens is 2. The summed E-state index contributed by atoms with van der Waals surface area (Å²) in [6, 6.07) is 3.88. The van der Waals surface area contributed by atoms with Gasteiger partial charge in [-0.15, -0.1) is 11.3 Å². The van der Waals surface area contributed by atoms with Crippen molar-refractivity contribution in [3.63, 3.8) is 0 Å². The van der Waals surface area contributed by atoms with Crippen molar-refractivity contribution in [1.82, 2.24) is 9.78 Å². The maximum absolute atomic E-state index is 11.1. The van der Waals surface area contributed by atoms with E-state index < -0.39 is 9.84 Å². The highest BCUT2D eigenvalue weighted by Gasteiger charge is 2.13. The van der Waals surface area contributed by atoms with E-state index in [1.807, 2.05) is 19.1 Å². The summed E-state index contributed by atoms with van der Waals surface area (Å²) in [6.45, 7) is 2.24. The van der Waals surface area contributed by atoms with Crippen molar-refractivity contribution < 1.29 is 13.2 Å². The van der Waals surface area contributed by atoms with Gasteiger partial charge in [0.25, 0.3) is 0 Å². The van der Waals surface area contributed by atoms with E-state index in [1.165, 1.54) is 10.9 Å². The monoisotopic (exact) mass is 298 g/mol. The first-order valence-corrected chi connectivity index (χ1v) is 8.54. The molecule has 0 spiro atoms. The highest BCUT2D eigenvalue weighted by molar-refractivity contribution is 7.90. The smallest absolute Gasteiger partial charge is 0.153 e. The molecule has 0 aliphatic heterocycles. The second-order valence-corrected chi connectivity index (χ2v) is 7.90. The number of aryl methyl sites for hydroxylation is 2. The standard InChI is InChI=1S/C12H14N2O3S2/c1-9-3-4-11(18-9)12-10(8-15)7-14(13-12)5-6-19(2,16)17/h3-4,7-8H,5-6H2,1-2H3. The van der Waals surface area contributed by atoms with Crippen molar-refractivity contribution in [2.75, 3.05) is 12.0 Å². The lowest BCUT2D eigenvalue weighted by Crippen LogP contribution is -2.11. The van der Waals surface area contributed by atoms with Gasteiger partial charge in [-0.25, -0.2) is 8.42 Å². The molecule has 0 aliphatic rings. The van der Waals surface area contributed by atoms with Crippen LogP contribution in [0.15, 0.2) is 18.3 Å². The minimum absolute atomic E-state index is 0.00981. The second-order valence-electron chi connectivity index (χ2n) is 4.35. The molecule has 2 heterocycles. The molecule has 0 N–H and O–H groups in total. The summed E-state index contributed by atoms with van der Waals surface area (Å²) >= 11 is 1.55. The van der Waals surface area contributed by atoms with Crippen molar-refractivity contribution in [3.05, 3.63) is 28.8 Å². The Balaban J connectivity index is 2.30. The van der Waals surface area contributed by atoms with Crippen LogP contribution < -0.4 is 0 Å². The molecule has 19 heavy (non-hydrogen) atoms. The number of carbonyl (C=O) groups is 1. The number of thiophene rings is 1. The highest BCUT2D eigenvalue weighted by Crippen LogP contribution is 2.28. The van der Waals surface area contributed by atoms with E-state index in [9.17, 15) is 13.2 Å². The second kappa shape index (κ2) is 5.26. The van der Waals surface area contributed by atoms with Crippen molar-refractivity contribution in [2.24, 2.45) is 0 Å². The molecule has 0 radical (unpaired) electrons. The van der Waals surface area contributed by atoms with Crippen molar-refractivity contribution >= 4 is 27.5 Å². The fraction of sp³-hybridized carbons (Fsp3) is 0.333. The van der Waals surface area contributed by atoms with Crippen LogP contribution in [0, 0.1) is 6.92 Å². The van der Waals surface area contributed by atoms with Gasteiger partial charge >= 0.3 is 0 Å². The summed E-state index contributed by atoms with van der Waals surface area (Å²) in [6.07, 6.45) is 3.51. The van der Waals surface area contributed by atoms with Crippen LogP contribution in [-0.2, 0) is 16.4 Å². The van der Waals surface area contributed by atoms with Gasteiger partial charge in [-0.2, -0.15) is 5.10 Å². The number of sulfone groups is 1. The predicted octanol–water partition coefficient (Wildman–Crippen LogP) is 1.78. The van der Waals surface area contributed by atoms with E-state index in [-0.39, 0.29) is 12.3 Å². The Kier molecular flexibility index (Phi) is 3.86. The molecule has 5 nitrogen and oxygen atoms in total. The minimum atomic E-state index is -3.04. The van der Waals surface area contributed by atoms with Crippen molar-refractivity contribution in [1.29, 1.82) is 0 Å². The molecule has 7 heteroatoms.